The Morgan fingerprint density at radius 3 is 2.52 bits per heavy atom. The molecule has 7 nitrogen and oxygen atoms in total. The first-order chi connectivity index (χ1) is 13.6. The van der Waals surface area contributed by atoms with Crippen LogP contribution in [0.25, 0.3) is 0 Å². The molecule has 0 bridgehead atoms. The first-order valence-electron chi connectivity index (χ1n) is 10.3. The topological polar surface area (TPSA) is 64.3 Å². The molecule has 0 aliphatic carbocycles. The van der Waals surface area contributed by atoms with Gasteiger partial charge in [0.15, 0.2) is 5.96 Å². The van der Waals surface area contributed by atoms with Crippen LogP contribution in [0.4, 0.5) is 0 Å². The smallest absolute Gasteiger partial charge is 0.236 e. The van der Waals surface area contributed by atoms with Gasteiger partial charge >= 0.3 is 0 Å². The zero-order valence-electron chi connectivity index (χ0n) is 17.4. The SMILES string of the molecule is C=C(C)CN=C(NCCc1ccco1)N1CCN(CC(=O)N2CCCC2)CC1.I. The van der Waals surface area contributed by atoms with Crippen LogP contribution >= 0.6 is 24.0 Å². The molecular weight excluding hydrogens is 481 g/mol. The van der Waals surface area contributed by atoms with Crippen molar-refractivity contribution in [3.05, 3.63) is 36.3 Å². The Labute approximate surface area is 191 Å². The lowest BCUT2D eigenvalue weighted by Gasteiger charge is -2.36. The van der Waals surface area contributed by atoms with Gasteiger partial charge in [-0.05, 0) is 31.9 Å². The molecule has 2 aliphatic rings. The van der Waals surface area contributed by atoms with Crippen molar-refractivity contribution in [2.45, 2.75) is 26.2 Å². The van der Waals surface area contributed by atoms with Crippen molar-refractivity contribution < 1.29 is 9.21 Å². The number of carbonyl (C=O) groups is 1. The van der Waals surface area contributed by atoms with Crippen LogP contribution in [0.2, 0.25) is 0 Å². The van der Waals surface area contributed by atoms with Crippen molar-refractivity contribution in [1.29, 1.82) is 0 Å². The van der Waals surface area contributed by atoms with E-state index in [0.717, 1.165) is 82.4 Å². The lowest BCUT2D eigenvalue weighted by molar-refractivity contribution is -0.131. The number of amides is 1. The van der Waals surface area contributed by atoms with Crippen molar-refractivity contribution in [3.8, 4) is 0 Å². The van der Waals surface area contributed by atoms with Crippen LogP contribution in [0.3, 0.4) is 0 Å². The van der Waals surface area contributed by atoms with Gasteiger partial charge in [0.25, 0.3) is 0 Å². The molecule has 0 aromatic carbocycles. The highest BCUT2D eigenvalue weighted by Crippen LogP contribution is 2.10. The lowest BCUT2D eigenvalue weighted by atomic mass is 10.3. The fourth-order valence-corrected chi connectivity index (χ4v) is 3.61. The number of carbonyl (C=O) groups excluding carboxylic acids is 1. The second kappa shape index (κ2) is 12.2. The molecule has 3 heterocycles. The zero-order valence-corrected chi connectivity index (χ0v) is 19.8. The number of guanidine groups is 1. The predicted molar refractivity (Wildman–Crippen MR) is 127 cm³/mol. The zero-order chi connectivity index (χ0) is 19.8. The summed E-state index contributed by atoms with van der Waals surface area (Å²) in [4.78, 5) is 23.6. The quantitative estimate of drug-likeness (QED) is 0.261. The molecule has 29 heavy (non-hydrogen) atoms. The van der Waals surface area contributed by atoms with E-state index in [1.807, 2.05) is 24.0 Å². The van der Waals surface area contributed by atoms with Crippen molar-refractivity contribution in [2.75, 3.05) is 58.9 Å². The molecule has 0 saturated carbocycles. The monoisotopic (exact) mass is 515 g/mol. The number of furan rings is 1. The number of aliphatic imine (C=N–C) groups is 1. The summed E-state index contributed by atoms with van der Waals surface area (Å²) in [6.45, 7) is 13.2. The molecule has 1 aromatic heterocycles. The van der Waals surface area contributed by atoms with E-state index in [-0.39, 0.29) is 29.9 Å². The highest BCUT2D eigenvalue weighted by Gasteiger charge is 2.24. The molecule has 1 amide bonds. The molecular formula is C21H34IN5O2. The number of nitrogens with zero attached hydrogens (tertiary/aromatic N) is 4. The molecule has 2 saturated heterocycles. The molecule has 0 radical (unpaired) electrons. The third-order valence-electron chi connectivity index (χ3n) is 5.22. The van der Waals surface area contributed by atoms with E-state index in [4.69, 9.17) is 9.41 Å². The molecule has 162 valence electrons. The minimum atomic E-state index is 0. The number of likely N-dealkylation sites (tertiary alicyclic amines) is 1. The molecule has 0 unspecified atom stereocenters. The number of nitrogens with one attached hydrogen (secondary N) is 1. The van der Waals surface area contributed by atoms with Crippen molar-refractivity contribution in [3.63, 3.8) is 0 Å². The van der Waals surface area contributed by atoms with Crippen molar-refractivity contribution in [2.24, 2.45) is 4.99 Å². The fourth-order valence-electron chi connectivity index (χ4n) is 3.61. The molecule has 3 rings (SSSR count). The summed E-state index contributed by atoms with van der Waals surface area (Å²) in [5.74, 6) is 2.16. The lowest BCUT2D eigenvalue weighted by Crippen LogP contribution is -2.54. The summed E-state index contributed by atoms with van der Waals surface area (Å²) in [6, 6.07) is 3.90. The highest BCUT2D eigenvalue weighted by molar-refractivity contribution is 14.0. The van der Waals surface area contributed by atoms with E-state index in [1.165, 1.54) is 0 Å². The average Bonchev–Trinajstić information content (AvgIpc) is 3.39. The van der Waals surface area contributed by atoms with Crippen LogP contribution in [-0.4, -0.2) is 85.5 Å². The first kappa shape index (κ1) is 23.7. The molecule has 0 spiro atoms. The van der Waals surface area contributed by atoms with Crippen LogP contribution in [0.5, 0.6) is 0 Å². The second-order valence-electron chi connectivity index (χ2n) is 7.70. The minimum Gasteiger partial charge on any atom is -0.469 e. The Balaban J connectivity index is 0.00000300. The maximum Gasteiger partial charge on any atom is 0.236 e. The van der Waals surface area contributed by atoms with Gasteiger partial charge in [0.2, 0.25) is 5.91 Å². The van der Waals surface area contributed by atoms with E-state index in [0.29, 0.717) is 13.1 Å². The summed E-state index contributed by atoms with van der Waals surface area (Å²) in [5.41, 5.74) is 1.04. The average molecular weight is 515 g/mol. The Morgan fingerprint density at radius 1 is 1.17 bits per heavy atom. The molecule has 1 aromatic rings. The van der Waals surface area contributed by atoms with Gasteiger partial charge in [-0.25, -0.2) is 4.99 Å². The highest BCUT2D eigenvalue weighted by atomic mass is 127. The Morgan fingerprint density at radius 2 is 1.90 bits per heavy atom. The van der Waals surface area contributed by atoms with Gasteiger partial charge in [0.1, 0.15) is 5.76 Å². The summed E-state index contributed by atoms with van der Waals surface area (Å²) >= 11 is 0. The number of hydrogen-bond donors (Lipinski definition) is 1. The summed E-state index contributed by atoms with van der Waals surface area (Å²) in [6.07, 6.45) is 4.81. The molecule has 2 aliphatic heterocycles. The van der Waals surface area contributed by atoms with Gasteiger partial charge in [-0.2, -0.15) is 0 Å². The number of piperazine rings is 1. The number of halogens is 1. The van der Waals surface area contributed by atoms with Gasteiger partial charge in [-0.1, -0.05) is 12.2 Å². The van der Waals surface area contributed by atoms with Crippen LogP contribution in [0.15, 0.2) is 40.0 Å². The van der Waals surface area contributed by atoms with E-state index >= 15 is 0 Å². The largest absolute Gasteiger partial charge is 0.469 e. The molecule has 0 atom stereocenters. The Kier molecular flexibility index (Phi) is 9.99. The maximum absolute atomic E-state index is 12.4. The van der Waals surface area contributed by atoms with Crippen molar-refractivity contribution >= 4 is 35.8 Å². The van der Waals surface area contributed by atoms with Crippen molar-refractivity contribution in [1.82, 2.24) is 20.0 Å². The Hall–Kier alpha value is -1.55. The van der Waals surface area contributed by atoms with Gasteiger partial charge in [-0.3, -0.25) is 9.69 Å². The van der Waals surface area contributed by atoms with Crippen LogP contribution in [0, 0.1) is 0 Å². The normalized spacial score (nSPS) is 17.9. The summed E-state index contributed by atoms with van der Waals surface area (Å²) in [7, 11) is 0. The third-order valence-corrected chi connectivity index (χ3v) is 5.22. The van der Waals surface area contributed by atoms with Gasteiger partial charge in [0, 0.05) is 52.2 Å². The second-order valence-corrected chi connectivity index (χ2v) is 7.70. The van der Waals surface area contributed by atoms with Crippen LogP contribution in [0.1, 0.15) is 25.5 Å². The van der Waals surface area contributed by atoms with Gasteiger partial charge in [-0.15, -0.1) is 24.0 Å². The van der Waals surface area contributed by atoms with Crippen LogP contribution in [-0.2, 0) is 11.2 Å². The Bertz CT molecular complexity index is 663. The fraction of sp³-hybridized carbons (Fsp3) is 0.619. The van der Waals surface area contributed by atoms with E-state index in [2.05, 4.69) is 21.7 Å². The standard InChI is InChI=1S/C21H33N5O2.HI/c1-18(2)16-23-21(22-8-7-19-6-5-15-28-19)26-13-11-24(12-14-26)17-20(27)25-9-3-4-10-25;/h5-6,15H,1,3-4,7-14,16-17H2,2H3,(H,22,23);1H. The molecule has 8 heteroatoms. The third kappa shape index (κ3) is 7.65. The van der Waals surface area contributed by atoms with Gasteiger partial charge < -0.3 is 19.5 Å². The first-order valence-corrected chi connectivity index (χ1v) is 10.3. The minimum absolute atomic E-state index is 0. The molecule has 2 fully saturated rings. The maximum atomic E-state index is 12.4. The van der Waals surface area contributed by atoms with E-state index in [1.54, 1.807) is 6.26 Å². The number of rotatable bonds is 7. The van der Waals surface area contributed by atoms with Gasteiger partial charge in [0.05, 0.1) is 19.4 Å². The predicted octanol–water partition coefficient (Wildman–Crippen LogP) is 2.20. The van der Waals surface area contributed by atoms with E-state index in [9.17, 15) is 4.79 Å². The van der Waals surface area contributed by atoms with E-state index < -0.39 is 0 Å². The summed E-state index contributed by atoms with van der Waals surface area (Å²) < 4.78 is 5.40. The summed E-state index contributed by atoms with van der Waals surface area (Å²) in [5, 5.41) is 3.46. The van der Waals surface area contributed by atoms with Crippen LogP contribution < -0.4 is 5.32 Å². The number of hydrogen-bond acceptors (Lipinski definition) is 4. The molecule has 1 N–H and O–H groups in total.